The largest absolute Gasteiger partial charge is 0.472 e. The molecule has 0 aliphatic rings. The van der Waals surface area contributed by atoms with E-state index < -0.39 is 32.5 Å². The van der Waals surface area contributed by atoms with Crippen LogP contribution in [0.15, 0.2) is 85.1 Å². The molecule has 10 heteroatoms. The molecular formula is C43H72NO8P. The van der Waals surface area contributed by atoms with Crippen LogP contribution in [0.4, 0.5) is 0 Å². The van der Waals surface area contributed by atoms with Gasteiger partial charge in [0.05, 0.1) is 13.2 Å². The Bertz CT molecular complexity index is 1140. The van der Waals surface area contributed by atoms with Crippen molar-refractivity contribution >= 4 is 19.8 Å². The molecule has 0 spiro atoms. The molecule has 0 aliphatic heterocycles. The number of carbonyl (C=O) groups is 2. The Morgan fingerprint density at radius 3 is 1.60 bits per heavy atom. The SMILES string of the molecule is CC/C=C/C/C=C/C/C=C/C/C=C/CCCCC(=O)OC[C@H](COP(=O)(O)OCCN)OC(=O)CCC/C=C/C/C=C/C/C=C/CCCCCCCC. The zero-order valence-corrected chi connectivity index (χ0v) is 33.9. The lowest BCUT2D eigenvalue weighted by molar-refractivity contribution is -0.161. The molecule has 302 valence electrons. The zero-order valence-electron chi connectivity index (χ0n) is 33.0. The highest BCUT2D eigenvalue weighted by molar-refractivity contribution is 7.47. The first kappa shape index (κ1) is 50.2. The number of allylic oxidation sites excluding steroid dienone is 14. The highest BCUT2D eigenvalue weighted by Gasteiger charge is 2.25. The average molecular weight is 762 g/mol. The molecule has 0 aromatic heterocycles. The van der Waals surface area contributed by atoms with Gasteiger partial charge in [0.2, 0.25) is 0 Å². The van der Waals surface area contributed by atoms with Crippen LogP contribution in [-0.4, -0.2) is 49.3 Å². The number of unbranched alkanes of at least 4 members (excludes halogenated alkanes) is 9. The zero-order chi connectivity index (χ0) is 38.9. The van der Waals surface area contributed by atoms with Gasteiger partial charge < -0.3 is 20.1 Å². The molecule has 0 aromatic carbocycles. The van der Waals surface area contributed by atoms with Gasteiger partial charge in [0, 0.05) is 19.4 Å². The Hall–Kier alpha value is -2.81. The smallest absolute Gasteiger partial charge is 0.462 e. The Labute approximate surface area is 322 Å². The summed E-state index contributed by atoms with van der Waals surface area (Å²) in [6, 6.07) is 0. The predicted molar refractivity (Wildman–Crippen MR) is 219 cm³/mol. The summed E-state index contributed by atoms with van der Waals surface area (Å²) in [7, 11) is -4.40. The molecule has 1 unspecified atom stereocenters. The molecule has 0 saturated heterocycles. The van der Waals surface area contributed by atoms with E-state index in [4.69, 9.17) is 24.3 Å². The van der Waals surface area contributed by atoms with Crippen LogP contribution in [0.5, 0.6) is 0 Å². The third kappa shape index (κ3) is 38.7. The molecule has 0 saturated carbocycles. The van der Waals surface area contributed by atoms with Crippen LogP contribution in [0.25, 0.3) is 0 Å². The molecule has 3 N–H and O–H groups in total. The van der Waals surface area contributed by atoms with Crippen LogP contribution in [0.2, 0.25) is 0 Å². The molecule has 0 aromatic rings. The highest BCUT2D eigenvalue weighted by atomic mass is 31.2. The second-order valence-corrected chi connectivity index (χ2v) is 14.2. The van der Waals surface area contributed by atoms with Crippen LogP contribution >= 0.6 is 7.82 Å². The number of esters is 2. The van der Waals surface area contributed by atoms with Crippen molar-refractivity contribution in [1.29, 1.82) is 0 Å². The van der Waals surface area contributed by atoms with Crippen LogP contribution in [0.3, 0.4) is 0 Å². The fraction of sp³-hybridized carbons (Fsp3) is 0.628. The summed E-state index contributed by atoms with van der Waals surface area (Å²) in [4.78, 5) is 34.7. The van der Waals surface area contributed by atoms with E-state index in [1.54, 1.807) is 0 Å². The Kier molecular flexibility index (Phi) is 36.8. The van der Waals surface area contributed by atoms with Gasteiger partial charge in [0.1, 0.15) is 6.61 Å². The monoisotopic (exact) mass is 761 g/mol. The quantitative estimate of drug-likeness (QED) is 0.0277. The minimum Gasteiger partial charge on any atom is -0.462 e. The molecule has 0 amide bonds. The van der Waals surface area contributed by atoms with Crippen molar-refractivity contribution in [3.05, 3.63) is 85.1 Å². The van der Waals surface area contributed by atoms with Crippen LogP contribution in [-0.2, 0) is 32.7 Å². The van der Waals surface area contributed by atoms with E-state index in [1.165, 1.54) is 38.5 Å². The van der Waals surface area contributed by atoms with E-state index in [1.807, 2.05) is 6.08 Å². The first-order chi connectivity index (χ1) is 25.8. The molecular weight excluding hydrogens is 689 g/mol. The van der Waals surface area contributed by atoms with Gasteiger partial charge >= 0.3 is 19.8 Å². The molecule has 0 bridgehead atoms. The van der Waals surface area contributed by atoms with Crippen molar-refractivity contribution in [2.75, 3.05) is 26.4 Å². The van der Waals surface area contributed by atoms with Gasteiger partial charge in [0.15, 0.2) is 6.10 Å². The summed E-state index contributed by atoms with van der Waals surface area (Å²) < 4.78 is 32.6. The summed E-state index contributed by atoms with van der Waals surface area (Å²) in [5.41, 5.74) is 5.33. The van der Waals surface area contributed by atoms with Gasteiger partial charge in [-0.05, 0) is 83.5 Å². The lowest BCUT2D eigenvalue weighted by atomic mass is 10.1. The second-order valence-electron chi connectivity index (χ2n) is 12.8. The Morgan fingerprint density at radius 2 is 1.06 bits per heavy atom. The number of phosphoric acid groups is 1. The van der Waals surface area contributed by atoms with Crippen molar-refractivity contribution in [3.63, 3.8) is 0 Å². The lowest BCUT2D eigenvalue weighted by Crippen LogP contribution is -2.29. The first-order valence-electron chi connectivity index (χ1n) is 20.1. The summed E-state index contributed by atoms with van der Waals surface area (Å²) in [6.07, 6.45) is 47.7. The van der Waals surface area contributed by atoms with Gasteiger partial charge in [-0.3, -0.25) is 18.6 Å². The lowest BCUT2D eigenvalue weighted by Gasteiger charge is -2.19. The average Bonchev–Trinajstić information content (AvgIpc) is 3.14. The van der Waals surface area contributed by atoms with E-state index >= 15 is 0 Å². The molecule has 0 fully saturated rings. The van der Waals surface area contributed by atoms with Gasteiger partial charge in [-0.15, -0.1) is 0 Å². The Morgan fingerprint density at radius 1 is 0.585 bits per heavy atom. The third-order valence-electron chi connectivity index (χ3n) is 7.77. The van der Waals surface area contributed by atoms with E-state index in [-0.39, 0.29) is 32.6 Å². The number of phosphoric ester groups is 1. The number of nitrogens with two attached hydrogens (primary N) is 1. The van der Waals surface area contributed by atoms with Gasteiger partial charge in [0.25, 0.3) is 0 Å². The summed E-state index contributed by atoms with van der Waals surface area (Å²) >= 11 is 0. The summed E-state index contributed by atoms with van der Waals surface area (Å²) in [5, 5.41) is 0. The molecule has 53 heavy (non-hydrogen) atoms. The maximum Gasteiger partial charge on any atom is 0.472 e. The Balaban J connectivity index is 4.38. The van der Waals surface area contributed by atoms with Crippen molar-refractivity contribution in [2.45, 2.75) is 148 Å². The fourth-order valence-electron chi connectivity index (χ4n) is 4.82. The van der Waals surface area contributed by atoms with Crippen LogP contribution < -0.4 is 5.73 Å². The van der Waals surface area contributed by atoms with Crippen molar-refractivity contribution in [2.24, 2.45) is 5.73 Å². The molecule has 2 atom stereocenters. The maximum absolute atomic E-state index is 12.5. The number of carbonyl (C=O) groups excluding carboxylic acids is 2. The molecule has 9 nitrogen and oxygen atoms in total. The number of rotatable bonds is 36. The molecule has 0 radical (unpaired) electrons. The second kappa shape index (κ2) is 38.9. The minimum absolute atomic E-state index is 0.0354. The number of hydrogen-bond acceptors (Lipinski definition) is 8. The van der Waals surface area contributed by atoms with Gasteiger partial charge in [-0.1, -0.05) is 131 Å². The highest BCUT2D eigenvalue weighted by Crippen LogP contribution is 2.43. The normalized spacial score (nSPS) is 14.3. The van der Waals surface area contributed by atoms with Gasteiger partial charge in [-0.25, -0.2) is 4.57 Å². The maximum atomic E-state index is 12.5. The van der Waals surface area contributed by atoms with E-state index in [2.05, 4.69) is 92.8 Å². The van der Waals surface area contributed by atoms with Crippen LogP contribution in [0.1, 0.15) is 142 Å². The van der Waals surface area contributed by atoms with E-state index in [9.17, 15) is 19.0 Å². The van der Waals surface area contributed by atoms with Crippen molar-refractivity contribution in [1.82, 2.24) is 0 Å². The third-order valence-corrected chi connectivity index (χ3v) is 8.75. The van der Waals surface area contributed by atoms with E-state index in [0.29, 0.717) is 19.3 Å². The van der Waals surface area contributed by atoms with E-state index in [0.717, 1.165) is 57.8 Å². The summed E-state index contributed by atoms with van der Waals surface area (Å²) in [5.74, 6) is -0.949. The fourth-order valence-corrected chi connectivity index (χ4v) is 5.58. The standard InChI is InChI=1S/C43H72NO8P/c1-3-5-7-9-11-13-15-17-19-20-22-24-26-28-30-32-34-36-43(46)52-41(40-51-53(47,48)50-38-37-44)39-49-42(45)35-33-31-29-27-25-23-21-18-16-14-12-10-8-6-4-2/h6,8,12,14,17-19,21-22,24-25,27-28,30,41H,3-5,7,9-11,13,15-16,20,23,26,29,31-40,44H2,1-2H3,(H,47,48)/b8-6+,14-12+,19-17+,21-18+,24-22+,27-25+,30-28+/t41-/m1/s1. The number of hydrogen-bond donors (Lipinski definition) is 2. The topological polar surface area (TPSA) is 134 Å². The first-order valence-corrected chi connectivity index (χ1v) is 21.6. The minimum atomic E-state index is -4.40. The molecule has 0 rings (SSSR count). The van der Waals surface area contributed by atoms with Crippen molar-refractivity contribution < 1.29 is 37.6 Å². The van der Waals surface area contributed by atoms with Crippen LogP contribution in [0, 0.1) is 0 Å². The number of ether oxygens (including phenoxy) is 2. The van der Waals surface area contributed by atoms with Crippen molar-refractivity contribution in [3.8, 4) is 0 Å². The summed E-state index contributed by atoms with van der Waals surface area (Å²) in [6.45, 7) is 3.47. The molecule has 0 heterocycles. The van der Waals surface area contributed by atoms with Gasteiger partial charge in [-0.2, -0.15) is 0 Å². The molecule has 0 aliphatic carbocycles. The predicted octanol–water partition coefficient (Wildman–Crippen LogP) is 11.3.